The van der Waals surface area contributed by atoms with Gasteiger partial charge in [-0.15, -0.1) is 0 Å². The van der Waals surface area contributed by atoms with E-state index in [0.29, 0.717) is 26.2 Å². The molecule has 0 heterocycles. The third-order valence-corrected chi connectivity index (χ3v) is 3.62. The number of aromatic carboxylic acids is 1. The predicted octanol–water partition coefficient (Wildman–Crippen LogP) is 5.02. The van der Waals surface area contributed by atoms with E-state index in [0.717, 1.165) is 0 Å². The van der Waals surface area contributed by atoms with Crippen LogP contribution in [0.4, 0.5) is 0 Å². The molecule has 0 bridgehead atoms. The van der Waals surface area contributed by atoms with Crippen molar-refractivity contribution in [3.63, 3.8) is 0 Å². The lowest BCUT2D eigenvalue weighted by atomic mass is 10.0. The molecule has 6 heteroatoms. The third-order valence-electron chi connectivity index (χ3n) is 2.74. The van der Waals surface area contributed by atoms with Crippen molar-refractivity contribution < 1.29 is 14.6 Å². The Labute approximate surface area is 130 Å². The lowest BCUT2D eigenvalue weighted by Gasteiger charge is -2.12. The van der Waals surface area contributed by atoms with Gasteiger partial charge < -0.3 is 9.84 Å². The Morgan fingerprint density at radius 2 is 1.70 bits per heavy atom. The van der Waals surface area contributed by atoms with Crippen molar-refractivity contribution in [1.82, 2.24) is 0 Å². The summed E-state index contributed by atoms with van der Waals surface area (Å²) >= 11 is 18.2. The molecular formula is C14H9Cl3O3. The Hall–Kier alpha value is -1.42. The van der Waals surface area contributed by atoms with E-state index in [1.807, 2.05) is 0 Å². The molecule has 0 aliphatic heterocycles. The molecular weight excluding hydrogens is 323 g/mol. The smallest absolute Gasteiger partial charge is 0.339 e. The van der Waals surface area contributed by atoms with Crippen LogP contribution in [-0.2, 0) is 0 Å². The topological polar surface area (TPSA) is 46.5 Å². The van der Waals surface area contributed by atoms with Crippen molar-refractivity contribution in [2.75, 3.05) is 7.11 Å². The fourth-order valence-electron chi connectivity index (χ4n) is 1.80. The molecule has 104 valence electrons. The van der Waals surface area contributed by atoms with Crippen molar-refractivity contribution in [3.8, 4) is 16.9 Å². The second kappa shape index (κ2) is 5.92. The first kappa shape index (κ1) is 15.0. The molecule has 0 spiro atoms. The van der Waals surface area contributed by atoms with Crippen molar-refractivity contribution in [2.24, 2.45) is 0 Å². The first-order valence-corrected chi connectivity index (χ1v) is 6.63. The molecule has 3 nitrogen and oxygen atoms in total. The number of hydrogen-bond acceptors (Lipinski definition) is 2. The van der Waals surface area contributed by atoms with Crippen LogP contribution in [0.15, 0.2) is 30.3 Å². The normalized spacial score (nSPS) is 10.4. The van der Waals surface area contributed by atoms with Crippen LogP contribution in [0, 0.1) is 0 Å². The van der Waals surface area contributed by atoms with Gasteiger partial charge in [0.1, 0.15) is 11.3 Å². The molecule has 2 rings (SSSR count). The molecule has 0 aliphatic rings. The standard InChI is InChI=1S/C14H9Cl3O3/c1-20-13-6-12(17)9(5-10(13)14(18)19)8-4-7(15)2-3-11(8)16/h2-6H,1H3,(H,18,19). The molecule has 1 N–H and O–H groups in total. The molecule has 0 amide bonds. The molecule has 0 radical (unpaired) electrons. The number of carboxylic acid groups (broad SMARTS) is 1. The summed E-state index contributed by atoms with van der Waals surface area (Å²) in [6.07, 6.45) is 0. The van der Waals surface area contributed by atoms with Crippen LogP contribution in [0.1, 0.15) is 10.4 Å². The summed E-state index contributed by atoms with van der Waals surface area (Å²) in [6, 6.07) is 7.75. The SMILES string of the molecule is COc1cc(Cl)c(-c2cc(Cl)ccc2Cl)cc1C(=O)O. The molecule has 0 aliphatic carbocycles. The summed E-state index contributed by atoms with van der Waals surface area (Å²) in [5.74, 6) is -0.928. The molecule has 0 saturated heterocycles. The lowest BCUT2D eigenvalue weighted by molar-refractivity contribution is 0.0693. The Morgan fingerprint density at radius 3 is 2.30 bits per heavy atom. The van der Waals surface area contributed by atoms with Crippen LogP contribution in [0.2, 0.25) is 15.1 Å². The number of methoxy groups -OCH3 is 1. The van der Waals surface area contributed by atoms with E-state index in [2.05, 4.69) is 0 Å². The van der Waals surface area contributed by atoms with Gasteiger partial charge in [0.05, 0.1) is 12.1 Å². The number of benzene rings is 2. The summed E-state index contributed by atoms with van der Waals surface area (Å²) in [7, 11) is 1.38. The lowest BCUT2D eigenvalue weighted by Crippen LogP contribution is -2.01. The summed E-state index contributed by atoms with van der Waals surface area (Å²) in [5.41, 5.74) is 1.05. The fourth-order valence-corrected chi connectivity index (χ4v) is 2.45. The van der Waals surface area contributed by atoms with Crippen LogP contribution < -0.4 is 4.74 Å². The van der Waals surface area contributed by atoms with Gasteiger partial charge in [-0.3, -0.25) is 0 Å². The van der Waals surface area contributed by atoms with E-state index in [1.54, 1.807) is 18.2 Å². The number of ether oxygens (including phenoxy) is 1. The van der Waals surface area contributed by atoms with Crippen molar-refractivity contribution in [2.45, 2.75) is 0 Å². The maximum absolute atomic E-state index is 11.2. The van der Waals surface area contributed by atoms with Gasteiger partial charge in [0.25, 0.3) is 0 Å². The maximum Gasteiger partial charge on any atom is 0.339 e. The Morgan fingerprint density at radius 1 is 1.05 bits per heavy atom. The highest BCUT2D eigenvalue weighted by Gasteiger charge is 2.17. The number of halogens is 3. The molecule has 20 heavy (non-hydrogen) atoms. The van der Waals surface area contributed by atoms with Gasteiger partial charge in [0.15, 0.2) is 0 Å². The average molecular weight is 332 g/mol. The summed E-state index contributed by atoms with van der Waals surface area (Å²) in [5, 5.41) is 10.4. The first-order valence-electron chi connectivity index (χ1n) is 5.50. The van der Waals surface area contributed by atoms with Gasteiger partial charge >= 0.3 is 5.97 Å². The number of carboxylic acids is 1. The number of carbonyl (C=O) groups is 1. The number of rotatable bonds is 3. The largest absolute Gasteiger partial charge is 0.496 e. The van der Waals surface area contributed by atoms with Crippen molar-refractivity contribution >= 4 is 40.8 Å². The van der Waals surface area contributed by atoms with Crippen LogP contribution in [0.5, 0.6) is 5.75 Å². The molecule has 0 fully saturated rings. The zero-order chi connectivity index (χ0) is 14.9. The highest BCUT2D eigenvalue weighted by Crippen LogP contribution is 2.38. The van der Waals surface area contributed by atoms with Gasteiger partial charge in [-0.25, -0.2) is 4.79 Å². The first-order chi connectivity index (χ1) is 9.43. The Kier molecular flexibility index (Phi) is 4.43. The highest BCUT2D eigenvalue weighted by atomic mass is 35.5. The molecule has 0 aromatic heterocycles. The summed E-state index contributed by atoms with van der Waals surface area (Å²) < 4.78 is 5.01. The zero-order valence-electron chi connectivity index (χ0n) is 10.3. The van der Waals surface area contributed by atoms with E-state index < -0.39 is 5.97 Å². The third kappa shape index (κ3) is 2.85. The van der Waals surface area contributed by atoms with Gasteiger partial charge in [0, 0.05) is 27.2 Å². The number of hydrogen-bond donors (Lipinski definition) is 1. The van der Waals surface area contributed by atoms with E-state index in [4.69, 9.17) is 39.5 Å². The predicted molar refractivity (Wildman–Crippen MR) is 80.4 cm³/mol. The van der Waals surface area contributed by atoms with Crippen molar-refractivity contribution in [3.05, 3.63) is 51.0 Å². The second-order valence-corrected chi connectivity index (χ2v) is 5.21. The zero-order valence-corrected chi connectivity index (χ0v) is 12.6. The van der Waals surface area contributed by atoms with Gasteiger partial charge in [-0.05, 0) is 24.3 Å². The minimum atomic E-state index is -1.11. The Balaban J connectivity index is 2.71. The molecule has 2 aromatic rings. The summed E-state index contributed by atoms with van der Waals surface area (Å²) in [6.45, 7) is 0. The average Bonchev–Trinajstić information content (AvgIpc) is 2.41. The van der Waals surface area contributed by atoms with Crippen LogP contribution in [-0.4, -0.2) is 18.2 Å². The monoisotopic (exact) mass is 330 g/mol. The van der Waals surface area contributed by atoms with E-state index in [1.165, 1.54) is 19.2 Å². The van der Waals surface area contributed by atoms with Gasteiger partial charge in [0.2, 0.25) is 0 Å². The van der Waals surface area contributed by atoms with Gasteiger partial charge in [-0.1, -0.05) is 34.8 Å². The fraction of sp³-hybridized carbons (Fsp3) is 0.0714. The van der Waals surface area contributed by atoms with E-state index >= 15 is 0 Å². The Bertz CT molecular complexity index is 684. The van der Waals surface area contributed by atoms with Crippen LogP contribution in [0.25, 0.3) is 11.1 Å². The summed E-state index contributed by atoms with van der Waals surface area (Å²) in [4.78, 5) is 11.2. The van der Waals surface area contributed by atoms with Crippen LogP contribution >= 0.6 is 34.8 Å². The molecule has 0 saturated carbocycles. The minimum Gasteiger partial charge on any atom is -0.496 e. The molecule has 2 aromatic carbocycles. The molecule has 0 unspecified atom stereocenters. The quantitative estimate of drug-likeness (QED) is 0.859. The second-order valence-electron chi connectivity index (χ2n) is 3.96. The highest BCUT2D eigenvalue weighted by molar-refractivity contribution is 6.37. The molecule has 0 atom stereocenters. The van der Waals surface area contributed by atoms with Crippen LogP contribution in [0.3, 0.4) is 0 Å². The van der Waals surface area contributed by atoms with Crippen molar-refractivity contribution in [1.29, 1.82) is 0 Å². The van der Waals surface area contributed by atoms with Gasteiger partial charge in [-0.2, -0.15) is 0 Å². The maximum atomic E-state index is 11.2. The van der Waals surface area contributed by atoms with E-state index in [9.17, 15) is 9.90 Å². The minimum absolute atomic E-state index is 0.00272. The van der Waals surface area contributed by atoms with E-state index in [-0.39, 0.29) is 11.3 Å².